The molecule has 0 aliphatic carbocycles. The summed E-state index contributed by atoms with van der Waals surface area (Å²) < 4.78 is 0. The van der Waals surface area contributed by atoms with Crippen LogP contribution in [0.4, 0.5) is 0 Å². The Morgan fingerprint density at radius 1 is 0.773 bits per heavy atom. The minimum atomic E-state index is 0.292. The molecule has 0 atom stereocenters. The maximum atomic E-state index is 10.1. The molecule has 2 N–H and O–H groups in total. The number of rotatable bonds is 16. The van der Waals surface area contributed by atoms with Crippen LogP contribution in [0.3, 0.4) is 0 Å². The van der Waals surface area contributed by atoms with Gasteiger partial charge in [-0.3, -0.25) is 0 Å². The van der Waals surface area contributed by atoms with Crippen molar-refractivity contribution in [2.24, 2.45) is 0 Å². The topological polar surface area (TPSA) is 49.3 Å². The van der Waals surface area contributed by atoms with Gasteiger partial charge in [-0.25, -0.2) is 0 Å². The van der Waals surface area contributed by atoms with Gasteiger partial charge >= 0.3 is 0 Å². The molecule has 0 saturated heterocycles. The molecule has 0 unspecified atom stereocenters. The number of hydrogen-bond acceptors (Lipinski definition) is 3. The lowest BCUT2D eigenvalue weighted by Crippen LogP contribution is -2.08. The summed E-state index contributed by atoms with van der Waals surface area (Å²) in [6.07, 6.45) is 19.0. The first-order valence-corrected chi connectivity index (χ1v) is 9.52. The van der Waals surface area contributed by atoms with Crippen molar-refractivity contribution in [3.8, 4) is 0 Å². The van der Waals surface area contributed by atoms with E-state index < -0.39 is 0 Å². The largest absolute Gasteiger partial charge is 0.396 e. The summed E-state index contributed by atoms with van der Waals surface area (Å²) in [5.41, 5.74) is 0. The molecule has 0 radical (unpaired) electrons. The fraction of sp³-hybridized carbons (Fsp3) is 0.947. The van der Waals surface area contributed by atoms with E-state index in [1.165, 1.54) is 70.6 Å². The van der Waals surface area contributed by atoms with Crippen molar-refractivity contribution in [3.05, 3.63) is 0 Å². The summed E-state index contributed by atoms with van der Waals surface area (Å²) in [5, 5.41) is 11.1. The summed E-state index contributed by atoms with van der Waals surface area (Å²) in [6.45, 7) is 3.47. The number of carbonyl (C=O) groups is 1. The first-order chi connectivity index (χ1) is 10.8. The normalized spacial score (nSPS) is 10.1. The van der Waals surface area contributed by atoms with Gasteiger partial charge in [0.25, 0.3) is 0 Å². The first-order valence-electron chi connectivity index (χ1n) is 9.52. The number of aliphatic hydroxyl groups excluding tert-OH is 1. The molecule has 0 amide bonds. The van der Waals surface area contributed by atoms with Crippen molar-refractivity contribution in [1.82, 2.24) is 5.32 Å². The fourth-order valence-electron chi connectivity index (χ4n) is 2.32. The standard InChI is InChI=1S/C15H30O.C4H11NO/c1-2-3-4-5-6-7-8-9-10-11-12-13-14-15-16;1-5-3-2-4-6/h15H,2-14H2,1H3;5-6H,2-4H2,1H3. The molecule has 22 heavy (non-hydrogen) atoms. The zero-order valence-corrected chi connectivity index (χ0v) is 15.2. The third kappa shape index (κ3) is 27.9. The Kier molecular flexibility index (Phi) is 27.7. The van der Waals surface area contributed by atoms with Gasteiger partial charge < -0.3 is 15.2 Å². The molecule has 0 rings (SSSR count). The molecule has 0 spiro atoms. The fourth-order valence-corrected chi connectivity index (χ4v) is 2.32. The van der Waals surface area contributed by atoms with Crippen molar-refractivity contribution >= 4 is 6.29 Å². The molecule has 0 aliphatic heterocycles. The second kappa shape index (κ2) is 25.5. The molecule has 0 aromatic carbocycles. The highest BCUT2D eigenvalue weighted by Gasteiger charge is 1.92. The van der Waals surface area contributed by atoms with Crippen LogP contribution in [-0.4, -0.2) is 31.6 Å². The average molecular weight is 316 g/mol. The van der Waals surface area contributed by atoms with E-state index in [1.807, 2.05) is 7.05 Å². The van der Waals surface area contributed by atoms with E-state index >= 15 is 0 Å². The van der Waals surface area contributed by atoms with Crippen LogP contribution in [0.25, 0.3) is 0 Å². The number of aliphatic hydroxyl groups is 1. The third-order valence-corrected chi connectivity index (χ3v) is 3.76. The Labute approximate surface area is 139 Å². The maximum Gasteiger partial charge on any atom is 0.119 e. The van der Waals surface area contributed by atoms with E-state index in [0.717, 1.165) is 32.1 Å². The number of carbonyl (C=O) groups excluding carboxylic acids is 1. The van der Waals surface area contributed by atoms with E-state index in [1.54, 1.807) is 0 Å². The van der Waals surface area contributed by atoms with Gasteiger partial charge in [0.1, 0.15) is 6.29 Å². The molecule has 3 heteroatoms. The third-order valence-electron chi connectivity index (χ3n) is 3.76. The molecule has 0 heterocycles. The molecule has 0 fully saturated rings. The molecule has 0 aromatic heterocycles. The smallest absolute Gasteiger partial charge is 0.119 e. The van der Waals surface area contributed by atoms with Crippen LogP contribution in [0, 0.1) is 0 Å². The summed E-state index contributed by atoms with van der Waals surface area (Å²) in [7, 11) is 1.87. The highest BCUT2D eigenvalue weighted by molar-refractivity contribution is 5.48. The Balaban J connectivity index is 0. The Morgan fingerprint density at radius 2 is 1.23 bits per heavy atom. The molecule has 3 nitrogen and oxygen atoms in total. The molecular formula is C19H41NO2. The van der Waals surface area contributed by atoms with Crippen molar-refractivity contribution in [3.63, 3.8) is 0 Å². The Hall–Kier alpha value is -0.410. The van der Waals surface area contributed by atoms with Crippen LogP contribution in [0.1, 0.15) is 96.8 Å². The van der Waals surface area contributed by atoms with Gasteiger partial charge in [-0.1, -0.05) is 77.6 Å². The van der Waals surface area contributed by atoms with E-state index in [-0.39, 0.29) is 0 Å². The van der Waals surface area contributed by atoms with E-state index in [4.69, 9.17) is 5.11 Å². The lowest BCUT2D eigenvalue weighted by atomic mass is 10.0. The number of nitrogens with one attached hydrogen (secondary N) is 1. The van der Waals surface area contributed by atoms with E-state index in [9.17, 15) is 4.79 Å². The lowest BCUT2D eigenvalue weighted by Gasteiger charge is -2.01. The van der Waals surface area contributed by atoms with Gasteiger partial charge in [0, 0.05) is 13.0 Å². The maximum absolute atomic E-state index is 10.1. The predicted octanol–water partition coefficient (Wildman–Crippen LogP) is 4.86. The van der Waals surface area contributed by atoms with Gasteiger partial charge in [-0.2, -0.15) is 0 Å². The summed E-state index contributed by atoms with van der Waals surface area (Å²) in [4.78, 5) is 10.1. The van der Waals surface area contributed by atoms with Crippen molar-refractivity contribution in [2.45, 2.75) is 96.8 Å². The predicted molar refractivity (Wildman–Crippen MR) is 97.4 cm³/mol. The summed E-state index contributed by atoms with van der Waals surface area (Å²) in [6, 6.07) is 0. The van der Waals surface area contributed by atoms with Gasteiger partial charge in [-0.15, -0.1) is 0 Å². The van der Waals surface area contributed by atoms with Crippen LogP contribution in [0.2, 0.25) is 0 Å². The summed E-state index contributed by atoms with van der Waals surface area (Å²) >= 11 is 0. The van der Waals surface area contributed by atoms with Crippen LogP contribution >= 0.6 is 0 Å². The average Bonchev–Trinajstić information content (AvgIpc) is 2.54. The molecule has 134 valence electrons. The number of aldehydes is 1. The molecule has 0 aliphatic rings. The Morgan fingerprint density at radius 3 is 1.55 bits per heavy atom. The van der Waals surface area contributed by atoms with Crippen molar-refractivity contribution in [1.29, 1.82) is 0 Å². The van der Waals surface area contributed by atoms with Crippen molar-refractivity contribution in [2.75, 3.05) is 20.2 Å². The van der Waals surface area contributed by atoms with E-state index in [0.29, 0.717) is 6.61 Å². The van der Waals surface area contributed by atoms with Gasteiger partial charge in [-0.05, 0) is 26.4 Å². The second-order valence-corrected chi connectivity index (χ2v) is 6.03. The first kappa shape index (κ1) is 23.9. The zero-order valence-electron chi connectivity index (χ0n) is 15.2. The zero-order chi connectivity index (χ0) is 16.7. The molecule has 0 saturated carbocycles. The quantitative estimate of drug-likeness (QED) is 0.316. The highest BCUT2D eigenvalue weighted by atomic mass is 16.3. The van der Waals surface area contributed by atoms with Crippen molar-refractivity contribution < 1.29 is 9.90 Å². The number of unbranched alkanes of at least 4 members (excludes halogenated alkanes) is 12. The lowest BCUT2D eigenvalue weighted by molar-refractivity contribution is -0.107. The monoisotopic (exact) mass is 315 g/mol. The van der Waals surface area contributed by atoms with Crippen LogP contribution < -0.4 is 5.32 Å². The van der Waals surface area contributed by atoms with Crippen LogP contribution in [-0.2, 0) is 4.79 Å². The minimum absolute atomic E-state index is 0.292. The van der Waals surface area contributed by atoms with Gasteiger partial charge in [0.05, 0.1) is 0 Å². The second-order valence-electron chi connectivity index (χ2n) is 6.03. The molecule has 0 aromatic rings. The molecule has 0 bridgehead atoms. The Bertz CT molecular complexity index is 182. The van der Waals surface area contributed by atoms with Crippen LogP contribution in [0.5, 0.6) is 0 Å². The summed E-state index contributed by atoms with van der Waals surface area (Å²) in [5.74, 6) is 0. The van der Waals surface area contributed by atoms with E-state index in [2.05, 4.69) is 12.2 Å². The highest BCUT2D eigenvalue weighted by Crippen LogP contribution is 2.12. The minimum Gasteiger partial charge on any atom is -0.396 e. The van der Waals surface area contributed by atoms with Crippen LogP contribution in [0.15, 0.2) is 0 Å². The SMILES string of the molecule is CCCCCCCCCCCCCCC=O.CNCCCO. The van der Waals surface area contributed by atoms with Gasteiger partial charge in [0.15, 0.2) is 0 Å². The van der Waals surface area contributed by atoms with Gasteiger partial charge in [0.2, 0.25) is 0 Å². The molecular weight excluding hydrogens is 274 g/mol. The number of hydrogen-bond donors (Lipinski definition) is 2.